The van der Waals surface area contributed by atoms with Crippen molar-refractivity contribution < 1.29 is 14.1 Å². The highest BCUT2D eigenvalue weighted by atomic mass is 16.5. The molecule has 0 bridgehead atoms. The minimum atomic E-state index is -0.259. The highest BCUT2D eigenvalue weighted by Gasteiger charge is 2.44. The fraction of sp³-hybridized carbons (Fsp3) is 0.474. The number of nitrogens with one attached hydrogen (secondary N) is 1. The summed E-state index contributed by atoms with van der Waals surface area (Å²) in [5.74, 6) is 0.714. The van der Waals surface area contributed by atoms with Crippen molar-refractivity contribution in [2.45, 2.75) is 32.6 Å². The first-order valence-corrected chi connectivity index (χ1v) is 9.01. The summed E-state index contributed by atoms with van der Waals surface area (Å²) in [6.07, 6.45) is 4.82. The Morgan fingerprint density at radius 2 is 1.85 bits per heavy atom. The van der Waals surface area contributed by atoms with E-state index in [1.807, 2.05) is 4.90 Å². The fourth-order valence-electron chi connectivity index (χ4n) is 3.46. The Morgan fingerprint density at radius 3 is 2.42 bits per heavy atom. The standard InChI is InChI=1S/C19H22N4O3/c1-13-21-17(22-26-13)14-2-4-15(5-3-14)18(25)20-12-16(24)23-10-8-19(6-7-19)9-11-23/h2-5H,6-12H2,1H3,(H,20,25). The van der Waals surface area contributed by atoms with Crippen molar-refractivity contribution in [2.75, 3.05) is 19.6 Å². The van der Waals surface area contributed by atoms with E-state index in [4.69, 9.17) is 4.52 Å². The second-order valence-electron chi connectivity index (χ2n) is 7.28. The van der Waals surface area contributed by atoms with Gasteiger partial charge in [0.05, 0.1) is 6.54 Å². The molecule has 2 heterocycles. The summed E-state index contributed by atoms with van der Waals surface area (Å²) in [5.41, 5.74) is 1.81. The molecule has 1 saturated carbocycles. The summed E-state index contributed by atoms with van der Waals surface area (Å²) in [6, 6.07) is 6.92. The van der Waals surface area contributed by atoms with Gasteiger partial charge in [-0.05, 0) is 43.2 Å². The molecule has 1 aromatic heterocycles. The number of likely N-dealkylation sites (tertiary alicyclic amines) is 1. The lowest BCUT2D eigenvalue weighted by atomic mass is 9.94. The summed E-state index contributed by atoms with van der Waals surface area (Å²) in [4.78, 5) is 30.6. The van der Waals surface area contributed by atoms with E-state index in [0.29, 0.717) is 22.7 Å². The topological polar surface area (TPSA) is 88.3 Å². The SMILES string of the molecule is Cc1nc(-c2ccc(C(=O)NCC(=O)N3CCC4(CC3)CC4)cc2)no1. The van der Waals surface area contributed by atoms with E-state index in [9.17, 15) is 9.59 Å². The van der Waals surface area contributed by atoms with Crippen LogP contribution in [0.15, 0.2) is 28.8 Å². The van der Waals surface area contributed by atoms with Crippen LogP contribution in [0.3, 0.4) is 0 Å². The second kappa shape index (κ2) is 6.55. The molecule has 2 aliphatic rings. The molecule has 2 fully saturated rings. The molecular formula is C19H22N4O3. The smallest absolute Gasteiger partial charge is 0.251 e. The third kappa shape index (κ3) is 3.47. The monoisotopic (exact) mass is 354 g/mol. The predicted octanol–water partition coefficient (Wildman–Crippen LogP) is 2.18. The molecule has 0 unspecified atom stereocenters. The van der Waals surface area contributed by atoms with Crippen molar-refractivity contribution in [2.24, 2.45) is 5.41 Å². The second-order valence-corrected chi connectivity index (χ2v) is 7.28. The van der Waals surface area contributed by atoms with Gasteiger partial charge in [-0.3, -0.25) is 9.59 Å². The lowest BCUT2D eigenvalue weighted by Gasteiger charge is -2.32. The molecule has 7 nitrogen and oxygen atoms in total. The van der Waals surface area contributed by atoms with Crippen molar-refractivity contribution >= 4 is 11.8 Å². The fourth-order valence-corrected chi connectivity index (χ4v) is 3.46. The molecule has 1 saturated heterocycles. The van der Waals surface area contributed by atoms with Crippen LogP contribution in [0.2, 0.25) is 0 Å². The van der Waals surface area contributed by atoms with E-state index in [1.54, 1.807) is 31.2 Å². The molecule has 0 atom stereocenters. The van der Waals surface area contributed by atoms with Crippen molar-refractivity contribution in [3.8, 4) is 11.4 Å². The van der Waals surface area contributed by atoms with Crippen molar-refractivity contribution in [3.05, 3.63) is 35.7 Å². The lowest BCUT2D eigenvalue weighted by Crippen LogP contribution is -2.44. The van der Waals surface area contributed by atoms with Gasteiger partial charge in [-0.15, -0.1) is 0 Å². The Morgan fingerprint density at radius 1 is 1.15 bits per heavy atom. The Balaban J connectivity index is 1.29. The molecule has 4 rings (SSSR count). The van der Waals surface area contributed by atoms with Gasteiger partial charge in [-0.2, -0.15) is 4.98 Å². The number of benzene rings is 1. The maximum Gasteiger partial charge on any atom is 0.251 e. The first-order chi connectivity index (χ1) is 12.5. The first-order valence-electron chi connectivity index (χ1n) is 9.01. The molecule has 7 heteroatoms. The summed E-state index contributed by atoms with van der Waals surface area (Å²) in [7, 11) is 0. The largest absolute Gasteiger partial charge is 0.343 e. The molecule has 2 aromatic rings. The highest BCUT2D eigenvalue weighted by molar-refractivity contribution is 5.96. The van der Waals surface area contributed by atoms with E-state index in [-0.39, 0.29) is 18.4 Å². The van der Waals surface area contributed by atoms with Crippen LogP contribution in [0.25, 0.3) is 11.4 Å². The maximum absolute atomic E-state index is 12.3. The number of carbonyl (C=O) groups excluding carboxylic acids is 2. The number of aryl methyl sites for hydroxylation is 1. The van der Waals surface area contributed by atoms with Crippen LogP contribution in [-0.4, -0.2) is 46.5 Å². The zero-order chi connectivity index (χ0) is 18.1. The number of nitrogens with zero attached hydrogens (tertiary/aromatic N) is 3. The van der Waals surface area contributed by atoms with Crippen molar-refractivity contribution in [1.82, 2.24) is 20.4 Å². The normalized spacial score (nSPS) is 18.0. The summed E-state index contributed by atoms with van der Waals surface area (Å²) < 4.78 is 4.95. The average Bonchev–Trinajstić information content (AvgIpc) is 3.27. The van der Waals surface area contributed by atoms with Crippen molar-refractivity contribution in [1.29, 1.82) is 0 Å². The predicted molar refractivity (Wildman–Crippen MR) is 94.3 cm³/mol. The van der Waals surface area contributed by atoms with Gasteiger partial charge >= 0.3 is 0 Å². The zero-order valence-corrected chi connectivity index (χ0v) is 14.8. The molecule has 1 aromatic carbocycles. The molecule has 1 N–H and O–H groups in total. The summed E-state index contributed by atoms with van der Waals surface area (Å²) >= 11 is 0. The number of piperidine rings is 1. The first kappa shape index (κ1) is 16.8. The molecule has 0 radical (unpaired) electrons. The Kier molecular flexibility index (Phi) is 4.22. The Labute approximate surface area is 151 Å². The summed E-state index contributed by atoms with van der Waals surface area (Å²) in [5, 5.41) is 6.57. The lowest BCUT2D eigenvalue weighted by molar-refractivity contribution is -0.131. The van der Waals surface area contributed by atoms with Crippen LogP contribution < -0.4 is 5.32 Å². The van der Waals surface area contributed by atoms with E-state index in [0.717, 1.165) is 31.5 Å². The number of carbonyl (C=O) groups is 2. The third-order valence-electron chi connectivity index (χ3n) is 5.47. The van der Waals surface area contributed by atoms with Crippen molar-refractivity contribution in [3.63, 3.8) is 0 Å². The van der Waals surface area contributed by atoms with E-state index in [1.165, 1.54) is 12.8 Å². The Bertz CT molecular complexity index is 814. The van der Waals surface area contributed by atoms with Gasteiger partial charge in [0.25, 0.3) is 5.91 Å². The number of amides is 2. The molecule has 1 spiro atoms. The van der Waals surface area contributed by atoms with Gasteiger partial charge < -0.3 is 14.7 Å². The van der Waals surface area contributed by atoms with Gasteiger partial charge in [-0.25, -0.2) is 0 Å². The van der Waals surface area contributed by atoms with Crippen LogP contribution in [0.5, 0.6) is 0 Å². The molecule has 2 amide bonds. The number of aromatic nitrogens is 2. The molecule has 1 aliphatic heterocycles. The number of hydrogen-bond acceptors (Lipinski definition) is 5. The zero-order valence-electron chi connectivity index (χ0n) is 14.8. The van der Waals surface area contributed by atoms with Crippen LogP contribution in [0.1, 0.15) is 41.9 Å². The number of hydrogen-bond donors (Lipinski definition) is 1. The van der Waals surface area contributed by atoms with Gasteiger partial charge in [0.2, 0.25) is 17.6 Å². The van der Waals surface area contributed by atoms with Gasteiger partial charge in [0.15, 0.2) is 0 Å². The third-order valence-corrected chi connectivity index (χ3v) is 5.47. The molecular weight excluding hydrogens is 332 g/mol. The average molecular weight is 354 g/mol. The highest BCUT2D eigenvalue weighted by Crippen LogP contribution is 2.53. The minimum Gasteiger partial charge on any atom is -0.343 e. The molecule has 26 heavy (non-hydrogen) atoms. The minimum absolute atomic E-state index is 0.00672. The van der Waals surface area contributed by atoms with E-state index in [2.05, 4.69) is 15.5 Å². The maximum atomic E-state index is 12.3. The number of rotatable bonds is 4. The van der Waals surface area contributed by atoms with E-state index >= 15 is 0 Å². The van der Waals surface area contributed by atoms with Crippen LogP contribution in [0, 0.1) is 12.3 Å². The molecule has 136 valence electrons. The quantitative estimate of drug-likeness (QED) is 0.909. The summed E-state index contributed by atoms with van der Waals surface area (Å²) in [6.45, 7) is 3.39. The van der Waals surface area contributed by atoms with Gasteiger partial charge in [0, 0.05) is 31.1 Å². The van der Waals surface area contributed by atoms with Crippen LogP contribution in [-0.2, 0) is 4.79 Å². The van der Waals surface area contributed by atoms with E-state index < -0.39 is 0 Å². The molecule has 1 aliphatic carbocycles. The van der Waals surface area contributed by atoms with Gasteiger partial charge in [0.1, 0.15) is 0 Å². The van der Waals surface area contributed by atoms with Gasteiger partial charge in [-0.1, -0.05) is 17.3 Å². The van der Waals surface area contributed by atoms with Crippen LogP contribution >= 0.6 is 0 Å². The Hall–Kier alpha value is -2.70. The van der Waals surface area contributed by atoms with Crippen LogP contribution in [0.4, 0.5) is 0 Å².